The highest BCUT2D eigenvalue weighted by Gasteiger charge is 2.13. The quantitative estimate of drug-likeness (QED) is 0.789. The van der Waals surface area contributed by atoms with Crippen LogP contribution in [0.15, 0.2) is 22.9 Å². The lowest BCUT2D eigenvalue weighted by molar-refractivity contribution is 0.0764. The summed E-state index contributed by atoms with van der Waals surface area (Å²) >= 11 is 3.26. The van der Waals surface area contributed by atoms with Gasteiger partial charge >= 0.3 is 0 Å². The van der Waals surface area contributed by atoms with E-state index < -0.39 is 0 Å². The fourth-order valence-corrected chi connectivity index (χ4v) is 1.76. The van der Waals surface area contributed by atoms with Crippen molar-refractivity contribution in [1.82, 2.24) is 9.88 Å². The molecule has 0 saturated carbocycles. The molecule has 0 spiro atoms. The van der Waals surface area contributed by atoms with Gasteiger partial charge in [-0.3, -0.25) is 4.79 Å². The van der Waals surface area contributed by atoms with Crippen LogP contribution >= 0.6 is 15.9 Å². The molecule has 0 saturated heterocycles. The van der Waals surface area contributed by atoms with Crippen LogP contribution in [-0.4, -0.2) is 28.9 Å². The summed E-state index contributed by atoms with van der Waals surface area (Å²) in [6.07, 6.45) is 2.61. The Morgan fingerprint density at radius 2 is 2.27 bits per heavy atom. The van der Waals surface area contributed by atoms with Gasteiger partial charge < -0.3 is 4.90 Å². The Morgan fingerprint density at radius 3 is 2.80 bits per heavy atom. The van der Waals surface area contributed by atoms with Gasteiger partial charge in [0.2, 0.25) is 0 Å². The highest BCUT2D eigenvalue weighted by atomic mass is 79.9. The van der Waals surface area contributed by atoms with Gasteiger partial charge in [-0.2, -0.15) is 0 Å². The SMILES string of the molecule is CCCN(CC)C(=O)c1ccnc(Br)c1. The molecule has 15 heavy (non-hydrogen) atoms. The molecule has 0 N–H and O–H groups in total. The van der Waals surface area contributed by atoms with Gasteiger partial charge in [-0.1, -0.05) is 6.92 Å². The van der Waals surface area contributed by atoms with Crippen molar-refractivity contribution >= 4 is 21.8 Å². The van der Waals surface area contributed by atoms with E-state index in [4.69, 9.17) is 0 Å². The zero-order chi connectivity index (χ0) is 11.3. The predicted molar refractivity (Wildman–Crippen MR) is 63.8 cm³/mol. The molecule has 1 aromatic rings. The second-order valence-corrected chi connectivity index (χ2v) is 4.06. The third-order valence-electron chi connectivity index (χ3n) is 2.14. The van der Waals surface area contributed by atoms with Gasteiger partial charge in [-0.05, 0) is 41.4 Å². The maximum atomic E-state index is 12.0. The maximum absolute atomic E-state index is 12.0. The highest BCUT2D eigenvalue weighted by Crippen LogP contribution is 2.10. The highest BCUT2D eigenvalue weighted by molar-refractivity contribution is 9.10. The first-order valence-electron chi connectivity index (χ1n) is 5.09. The Balaban J connectivity index is 2.82. The van der Waals surface area contributed by atoms with Crippen molar-refractivity contribution in [2.45, 2.75) is 20.3 Å². The van der Waals surface area contributed by atoms with E-state index in [1.54, 1.807) is 18.3 Å². The number of carbonyl (C=O) groups excluding carboxylic acids is 1. The third-order valence-corrected chi connectivity index (χ3v) is 2.57. The molecule has 1 amide bonds. The number of rotatable bonds is 4. The molecule has 1 heterocycles. The molecule has 0 aliphatic heterocycles. The van der Waals surface area contributed by atoms with Crippen molar-refractivity contribution in [3.05, 3.63) is 28.5 Å². The number of hydrogen-bond acceptors (Lipinski definition) is 2. The van der Waals surface area contributed by atoms with Crippen LogP contribution in [0.3, 0.4) is 0 Å². The average molecular weight is 271 g/mol. The van der Waals surface area contributed by atoms with E-state index in [-0.39, 0.29) is 5.91 Å². The molecule has 0 aliphatic rings. The molecule has 1 rings (SSSR count). The monoisotopic (exact) mass is 270 g/mol. The lowest BCUT2D eigenvalue weighted by Crippen LogP contribution is -2.31. The molecule has 0 unspecified atom stereocenters. The number of halogens is 1. The standard InChI is InChI=1S/C11H15BrN2O/c1-3-7-14(4-2)11(15)9-5-6-13-10(12)8-9/h5-6,8H,3-4,7H2,1-2H3. The fraction of sp³-hybridized carbons (Fsp3) is 0.455. The van der Waals surface area contributed by atoms with E-state index in [1.807, 2.05) is 11.8 Å². The van der Waals surface area contributed by atoms with Crippen molar-refractivity contribution in [3.8, 4) is 0 Å². The number of amides is 1. The topological polar surface area (TPSA) is 33.2 Å². The van der Waals surface area contributed by atoms with Gasteiger partial charge in [0.05, 0.1) is 0 Å². The minimum atomic E-state index is 0.0717. The summed E-state index contributed by atoms with van der Waals surface area (Å²) in [5, 5.41) is 0. The second kappa shape index (κ2) is 5.85. The van der Waals surface area contributed by atoms with Crippen LogP contribution in [0.1, 0.15) is 30.6 Å². The van der Waals surface area contributed by atoms with Crippen LogP contribution in [0.2, 0.25) is 0 Å². The molecule has 1 aromatic heterocycles. The summed E-state index contributed by atoms with van der Waals surface area (Å²) in [4.78, 5) is 17.8. The summed E-state index contributed by atoms with van der Waals surface area (Å²) in [5.41, 5.74) is 0.687. The van der Waals surface area contributed by atoms with Crippen molar-refractivity contribution < 1.29 is 4.79 Å². The van der Waals surface area contributed by atoms with Crippen molar-refractivity contribution in [3.63, 3.8) is 0 Å². The summed E-state index contributed by atoms with van der Waals surface area (Å²) in [7, 11) is 0. The summed E-state index contributed by atoms with van der Waals surface area (Å²) < 4.78 is 0.695. The molecule has 0 atom stereocenters. The lowest BCUT2D eigenvalue weighted by Gasteiger charge is -2.19. The summed E-state index contributed by atoms with van der Waals surface area (Å²) in [6, 6.07) is 3.49. The normalized spacial score (nSPS) is 10.1. The maximum Gasteiger partial charge on any atom is 0.253 e. The predicted octanol–water partition coefficient (Wildman–Crippen LogP) is 2.72. The van der Waals surface area contributed by atoms with Crippen molar-refractivity contribution in [1.29, 1.82) is 0 Å². The van der Waals surface area contributed by atoms with Crippen LogP contribution < -0.4 is 0 Å². The average Bonchev–Trinajstić information content (AvgIpc) is 2.25. The number of pyridine rings is 1. The first-order chi connectivity index (χ1) is 7.19. The number of nitrogens with zero attached hydrogens (tertiary/aromatic N) is 2. The number of carbonyl (C=O) groups is 1. The molecule has 0 aliphatic carbocycles. The molecule has 0 radical (unpaired) electrons. The Bertz CT molecular complexity index is 341. The van der Waals surface area contributed by atoms with Crippen LogP contribution in [-0.2, 0) is 0 Å². The van der Waals surface area contributed by atoms with E-state index in [1.165, 1.54) is 0 Å². The molecular weight excluding hydrogens is 256 g/mol. The lowest BCUT2D eigenvalue weighted by atomic mass is 10.2. The van der Waals surface area contributed by atoms with Crippen molar-refractivity contribution in [2.24, 2.45) is 0 Å². The zero-order valence-corrected chi connectivity index (χ0v) is 10.6. The molecule has 3 nitrogen and oxygen atoms in total. The zero-order valence-electron chi connectivity index (χ0n) is 9.03. The minimum absolute atomic E-state index is 0.0717. The Labute approximate surface area is 98.6 Å². The minimum Gasteiger partial charge on any atom is -0.339 e. The first-order valence-corrected chi connectivity index (χ1v) is 5.89. The van der Waals surface area contributed by atoms with Gasteiger partial charge in [0.25, 0.3) is 5.91 Å². The molecule has 0 aromatic carbocycles. The van der Waals surface area contributed by atoms with Crippen LogP contribution in [0.5, 0.6) is 0 Å². The van der Waals surface area contributed by atoms with Gasteiger partial charge in [-0.25, -0.2) is 4.98 Å². The van der Waals surface area contributed by atoms with Gasteiger partial charge in [-0.15, -0.1) is 0 Å². The van der Waals surface area contributed by atoms with Gasteiger partial charge in [0.1, 0.15) is 4.60 Å². The fourth-order valence-electron chi connectivity index (χ4n) is 1.39. The Kier molecular flexibility index (Phi) is 4.75. The van der Waals surface area contributed by atoms with E-state index in [2.05, 4.69) is 27.8 Å². The van der Waals surface area contributed by atoms with E-state index >= 15 is 0 Å². The largest absolute Gasteiger partial charge is 0.339 e. The molecular formula is C11H15BrN2O. The molecule has 4 heteroatoms. The Morgan fingerprint density at radius 1 is 1.53 bits per heavy atom. The summed E-state index contributed by atoms with van der Waals surface area (Å²) in [5.74, 6) is 0.0717. The van der Waals surface area contributed by atoms with Gasteiger partial charge in [0, 0.05) is 24.8 Å². The van der Waals surface area contributed by atoms with Crippen LogP contribution in [0, 0.1) is 0 Å². The molecule has 82 valence electrons. The third kappa shape index (κ3) is 3.30. The smallest absolute Gasteiger partial charge is 0.253 e. The van der Waals surface area contributed by atoms with Crippen LogP contribution in [0.4, 0.5) is 0 Å². The number of aromatic nitrogens is 1. The molecule has 0 fully saturated rings. The van der Waals surface area contributed by atoms with E-state index in [0.717, 1.165) is 19.5 Å². The van der Waals surface area contributed by atoms with E-state index in [9.17, 15) is 4.79 Å². The number of hydrogen-bond donors (Lipinski definition) is 0. The summed E-state index contributed by atoms with van der Waals surface area (Å²) in [6.45, 7) is 5.60. The molecule has 0 bridgehead atoms. The first kappa shape index (κ1) is 12.2. The van der Waals surface area contributed by atoms with Crippen molar-refractivity contribution in [2.75, 3.05) is 13.1 Å². The Hall–Kier alpha value is -0.900. The van der Waals surface area contributed by atoms with E-state index in [0.29, 0.717) is 10.2 Å². The van der Waals surface area contributed by atoms with Gasteiger partial charge in [0.15, 0.2) is 0 Å². The van der Waals surface area contributed by atoms with Crippen LogP contribution in [0.25, 0.3) is 0 Å². The second-order valence-electron chi connectivity index (χ2n) is 3.25.